The van der Waals surface area contributed by atoms with Gasteiger partial charge in [-0.25, -0.2) is 0 Å². The van der Waals surface area contributed by atoms with Crippen molar-refractivity contribution in [3.63, 3.8) is 0 Å². The first-order valence-corrected chi connectivity index (χ1v) is 14.4. The van der Waals surface area contributed by atoms with Gasteiger partial charge in [0.05, 0.1) is 17.3 Å². The van der Waals surface area contributed by atoms with Gasteiger partial charge >= 0.3 is 15.1 Å². The first-order chi connectivity index (χ1) is 19.3. The number of carbonyl (C=O) groups is 3. The van der Waals surface area contributed by atoms with Gasteiger partial charge in [-0.15, -0.1) is 0 Å². The molecule has 0 heterocycles. The molecule has 3 aromatic rings. The Morgan fingerprint density at radius 1 is 0.500 bits per heavy atom. The summed E-state index contributed by atoms with van der Waals surface area (Å²) in [6.45, 7) is 4.94. The molecule has 0 aliphatic heterocycles. The molecule has 3 rings (SSSR count). The maximum Gasteiger partial charge on any atom is 1.20 e. The van der Waals surface area contributed by atoms with Crippen LogP contribution in [-0.4, -0.2) is 32.5 Å². The molecule has 204 valence electrons. The maximum absolute atomic E-state index is 12.6. The number of carbonyl (C=O) groups excluding carboxylic acids is 3. The van der Waals surface area contributed by atoms with Crippen LogP contribution in [0.25, 0.3) is 0 Å². The average Bonchev–Trinajstić information content (AvgIpc) is 2.89. The molecule has 0 atom stereocenters. The van der Waals surface area contributed by atoms with E-state index in [1.165, 1.54) is 18.2 Å². The second-order valence-electron chi connectivity index (χ2n) is 9.29. The normalized spacial score (nSPS) is 11.9. The van der Waals surface area contributed by atoms with E-state index in [0.29, 0.717) is 17.3 Å². The first-order valence-electron chi connectivity index (χ1n) is 13.0. The van der Waals surface area contributed by atoms with E-state index < -0.39 is 15.1 Å². The van der Waals surface area contributed by atoms with E-state index in [1.807, 2.05) is 91.0 Å². The minimum atomic E-state index is -3.00. The van der Waals surface area contributed by atoms with Crippen molar-refractivity contribution in [2.45, 2.75) is 40.0 Å². The first kappa shape index (κ1) is 30.4. The molecule has 7 heteroatoms. The number of allylic oxidation sites excluding steroid dienone is 6. The van der Waals surface area contributed by atoms with Crippen molar-refractivity contribution in [3.05, 3.63) is 143 Å². The van der Waals surface area contributed by atoms with Gasteiger partial charge in [-0.3, -0.25) is 14.4 Å². The van der Waals surface area contributed by atoms with Crippen LogP contribution in [0.15, 0.2) is 127 Å². The highest BCUT2D eigenvalue weighted by atomic mass is 27.3. The lowest BCUT2D eigenvalue weighted by atomic mass is 10.1. The topological polar surface area (TPSA) is 78.9 Å². The summed E-state index contributed by atoms with van der Waals surface area (Å²) in [6.07, 6.45) is 4.90. The van der Waals surface area contributed by atoms with Crippen molar-refractivity contribution in [3.8, 4) is 0 Å². The molecule has 3 aromatic carbocycles. The van der Waals surface area contributed by atoms with Crippen LogP contribution >= 0.6 is 0 Å². The summed E-state index contributed by atoms with van der Waals surface area (Å²) in [5, 5.41) is 0. The van der Waals surface area contributed by atoms with Gasteiger partial charge in [0.15, 0.2) is 17.3 Å². The van der Waals surface area contributed by atoms with Crippen LogP contribution in [0.5, 0.6) is 0 Å². The van der Waals surface area contributed by atoms with E-state index in [4.69, 9.17) is 11.4 Å². The van der Waals surface area contributed by atoms with E-state index in [1.54, 1.807) is 20.8 Å². The molecule has 0 spiro atoms. The van der Waals surface area contributed by atoms with Gasteiger partial charge in [-0.1, -0.05) is 91.0 Å². The summed E-state index contributed by atoms with van der Waals surface area (Å²) in [5.41, 5.74) is 2.68. The predicted octanol–water partition coefficient (Wildman–Crippen LogP) is 6.17. The molecule has 0 bridgehead atoms. The Labute approximate surface area is 241 Å². The van der Waals surface area contributed by atoms with Crippen LogP contribution in [0.4, 0.5) is 0 Å². The van der Waals surface area contributed by atoms with Crippen molar-refractivity contribution in [2.24, 2.45) is 0 Å². The largest absolute Gasteiger partial charge is 1.20 e. The van der Waals surface area contributed by atoms with Crippen molar-refractivity contribution < 1.29 is 25.7 Å². The maximum atomic E-state index is 12.6. The molecule has 0 aliphatic rings. The van der Waals surface area contributed by atoms with Crippen LogP contribution < -0.4 is 0 Å². The molecule has 0 aliphatic carbocycles. The average molecular weight is 553 g/mol. The fraction of sp³-hybridized carbons (Fsp3) is 0.182. The smallest absolute Gasteiger partial charge is 0.580 e. The van der Waals surface area contributed by atoms with Gasteiger partial charge in [0.2, 0.25) is 0 Å². The quantitative estimate of drug-likeness (QED) is 0.128. The van der Waals surface area contributed by atoms with Crippen LogP contribution in [0.3, 0.4) is 0 Å². The molecular weight excluding hydrogens is 519 g/mol. The number of rotatable bonds is 15. The molecule has 40 heavy (non-hydrogen) atoms. The van der Waals surface area contributed by atoms with Crippen LogP contribution in [-0.2, 0) is 45.0 Å². The van der Waals surface area contributed by atoms with Crippen LogP contribution in [0.1, 0.15) is 37.5 Å². The zero-order chi connectivity index (χ0) is 28.7. The third-order valence-electron chi connectivity index (χ3n) is 5.60. The van der Waals surface area contributed by atoms with Crippen molar-refractivity contribution in [1.82, 2.24) is 0 Å². The predicted molar refractivity (Wildman–Crippen MR) is 156 cm³/mol. The summed E-state index contributed by atoms with van der Waals surface area (Å²) in [6, 6.07) is 28.2. The molecular formula is C33H33AlO6. The highest BCUT2D eigenvalue weighted by molar-refractivity contribution is 6.37. The molecule has 6 nitrogen and oxygen atoms in total. The fourth-order valence-electron chi connectivity index (χ4n) is 3.85. The second-order valence-corrected chi connectivity index (χ2v) is 10.6. The molecule has 0 radical (unpaired) electrons. The standard InChI is InChI=1S/3C11H12O2.Al/c3*1-9(12)7-11(13)8-10-5-3-2-4-6-10;/h3*2-7,12H,8H2,1H3;/q;;;+3/p-3/b3*9-7-;. The molecule has 0 fully saturated rings. The third kappa shape index (κ3) is 11.7. The van der Waals surface area contributed by atoms with Gasteiger partial charge in [0, 0.05) is 37.5 Å². The molecule has 0 aromatic heterocycles. The highest BCUT2D eigenvalue weighted by Crippen LogP contribution is 2.13. The Bertz CT molecular complexity index is 1190. The summed E-state index contributed by atoms with van der Waals surface area (Å²) in [4.78, 5) is 37.7. The summed E-state index contributed by atoms with van der Waals surface area (Å²) >= 11 is -3.00. The molecule has 0 N–H and O–H groups in total. The Morgan fingerprint density at radius 2 is 0.750 bits per heavy atom. The van der Waals surface area contributed by atoms with Crippen molar-refractivity contribution in [1.29, 1.82) is 0 Å². The second kappa shape index (κ2) is 16.0. The van der Waals surface area contributed by atoms with Gasteiger partial charge in [-0.2, -0.15) is 0 Å². The lowest BCUT2D eigenvalue weighted by Crippen LogP contribution is -2.26. The number of ketones is 3. The van der Waals surface area contributed by atoms with Gasteiger partial charge in [0.25, 0.3) is 0 Å². The Hall–Kier alpha value is -4.18. The monoisotopic (exact) mass is 552 g/mol. The van der Waals surface area contributed by atoms with E-state index in [9.17, 15) is 14.4 Å². The van der Waals surface area contributed by atoms with E-state index in [2.05, 4.69) is 0 Å². The molecule has 0 amide bonds. The van der Waals surface area contributed by atoms with Gasteiger partial charge in [0.1, 0.15) is 0 Å². The van der Waals surface area contributed by atoms with E-state index in [-0.39, 0.29) is 36.6 Å². The Kier molecular flexibility index (Phi) is 12.2. The summed E-state index contributed by atoms with van der Waals surface area (Å²) < 4.78 is 17.8. The van der Waals surface area contributed by atoms with E-state index in [0.717, 1.165) is 16.7 Å². The van der Waals surface area contributed by atoms with Gasteiger partial charge < -0.3 is 11.4 Å². The van der Waals surface area contributed by atoms with Crippen LogP contribution in [0, 0.1) is 0 Å². The molecule has 0 unspecified atom stereocenters. The zero-order valence-electron chi connectivity index (χ0n) is 23.0. The highest BCUT2D eigenvalue weighted by Gasteiger charge is 2.44. The summed E-state index contributed by atoms with van der Waals surface area (Å²) in [5.74, 6) is 0.574. The Balaban J connectivity index is 1.69. The Morgan fingerprint density at radius 3 is 1.00 bits per heavy atom. The van der Waals surface area contributed by atoms with Crippen molar-refractivity contribution in [2.75, 3.05) is 0 Å². The zero-order valence-corrected chi connectivity index (χ0v) is 24.2. The minimum absolute atomic E-state index is 0.132. The van der Waals surface area contributed by atoms with E-state index >= 15 is 0 Å². The van der Waals surface area contributed by atoms with Crippen molar-refractivity contribution >= 4 is 32.5 Å². The summed E-state index contributed by atoms with van der Waals surface area (Å²) in [7, 11) is 0. The number of benzene rings is 3. The molecule has 0 saturated carbocycles. The lowest BCUT2D eigenvalue weighted by Gasteiger charge is -2.17. The number of hydrogen-bond acceptors (Lipinski definition) is 6. The van der Waals surface area contributed by atoms with Crippen LogP contribution in [0.2, 0.25) is 0 Å². The third-order valence-corrected chi connectivity index (χ3v) is 7.30. The fourth-order valence-corrected chi connectivity index (χ4v) is 5.11. The lowest BCUT2D eigenvalue weighted by molar-refractivity contribution is -0.114. The molecule has 0 saturated heterocycles. The minimum Gasteiger partial charge on any atom is -0.580 e. The number of hydrogen-bond donors (Lipinski definition) is 0. The SMILES string of the molecule is C/C(=C/C(=O)Cc1ccccc1)[O][Al]([O]/C(C)=C\C(=O)Cc1ccccc1)[O]/C(C)=C\C(=O)Cc1ccccc1. The van der Waals surface area contributed by atoms with Gasteiger partial charge in [-0.05, 0) is 37.5 Å².